The Morgan fingerprint density at radius 3 is 2.18 bits per heavy atom. The highest BCUT2D eigenvalue weighted by molar-refractivity contribution is 6.51. The number of aryl methyl sites for hydroxylation is 2. The van der Waals surface area contributed by atoms with Gasteiger partial charge in [0.2, 0.25) is 0 Å². The van der Waals surface area contributed by atoms with Crippen LogP contribution < -0.4 is 9.64 Å². The standard InChI is InChI=1S/C30H29NO7/c1-16(2)38-30(36)20-6-10-21(11-7-20)31-25(19-8-12-22(32)13-9-19)24(27(34)29(31)35)26(33)23-15-17(3)14-18(4)28(23)37-5/h6-16,25,32-33H,1-5H3/b26-24+. The average molecular weight is 516 g/mol. The summed E-state index contributed by atoms with van der Waals surface area (Å²) in [6, 6.07) is 14.7. The van der Waals surface area contributed by atoms with Crippen LogP contribution in [0.15, 0.2) is 66.2 Å². The van der Waals surface area contributed by atoms with Crippen molar-refractivity contribution in [3.05, 3.63) is 94.1 Å². The molecule has 2 N–H and O–H groups in total. The van der Waals surface area contributed by atoms with Gasteiger partial charge in [-0.25, -0.2) is 4.79 Å². The summed E-state index contributed by atoms with van der Waals surface area (Å²) in [4.78, 5) is 40.4. The lowest BCUT2D eigenvalue weighted by molar-refractivity contribution is -0.132. The number of phenols is 1. The van der Waals surface area contributed by atoms with E-state index in [1.165, 1.54) is 36.3 Å². The number of carbonyl (C=O) groups excluding carboxylic acids is 3. The Balaban J connectivity index is 1.90. The van der Waals surface area contributed by atoms with Gasteiger partial charge in [0.15, 0.2) is 0 Å². The number of esters is 1. The van der Waals surface area contributed by atoms with E-state index in [1.54, 1.807) is 44.2 Å². The Hall–Kier alpha value is -4.59. The smallest absolute Gasteiger partial charge is 0.338 e. The van der Waals surface area contributed by atoms with E-state index >= 15 is 0 Å². The predicted molar refractivity (Wildman–Crippen MR) is 142 cm³/mol. The van der Waals surface area contributed by atoms with Crippen LogP contribution in [0.3, 0.4) is 0 Å². The zero-order valence-electron chi connectivity index (χ0n) is 21.8. The van der Waals surface area contributed by atoms with Crippen molar-refractivity contribution in [2.24, 2.45) is 0 Å². The van der Waals surface area contributed by atoms with Crippen molar-refractivity contribution in [3.63, 3.8) is 0 Å². The summed E-state index contributed by atoms with van der Waals surface area (Å²) in [5.74, 6) is -2.20. The van der Waals surface area contributed by atoms with Crippen molar-refractivity contribution in [1.29, 1.82) is 0 Å². The van der Waals surface area contributed by atoms with E-state index in [-0.39, 0.29) is 23.2 Å². The monoisotopic (exact) mass is 515 g/mol. The number of hydrogen-bond donors (Lipinski definition) is 2. The minimum atomic E-state index is -1.01. The molecule has 8 heteroatoms. The lowest BCUT2D eigenvalue weighted by atomic mass is 9.93. The third kappa shape index (κ3) is 4.85. The predicted octanol–water partition coefficient (Wildman–Crippen LogP) is 5.21. The molecular weight excluding hydrogens is 486 g/mol. The van der Waals surface area contributed by atoms with Gasteiger partial charge in [0, 0.05) is 5.69 Å². The third-order valence-corrected chi connectivity index (χ3v) is 6.26. The second-order valence-electron chi connectivity index (χ2n) is 9.42. The molecule has 0 aromatic heterocycles. The number of amides is 1. The van der Waals surface area contributed by atoms with Crippen LogP contribution in [0, 0.1) is 13.8 Å². The van der Waals surface area contributed by atoms with Gasteiger partial charge in [-0.1, -0.05) is 18.2 Å². The molecule has 8 nitrogen and oxygen atoms in total. The van der Waals surface area contributed by atoms with E-state index in [4.69, 9.17) is 9.47 Å². The first-order chi connectivity index (χ1) is 18.0. The molecule has 3 aromatic carbocycles. The van der Waals surface area contributed by atoms with E-state index in [9.17, 15) is 24.6 Å². The minimum Gasteiger partial charge on any atom is -0.508 e. The number of Topliss-reactive ketones (excluding diaryl/α,β-unsaturated/α-hetero) is 1. The lowest BCUT2D eigenvalue weighted by Crippen LogP contribution is -2.29. The highest BCUT2D eigenvalue weighted by Gasteiger charge is 2.47. The Bertz CT molecular complexity index is 1440. The summed E-state index contributed by atoms with van der Waals surface area (Å²) in [7, 11) is 1.47. The molecule has 0 bridgehead atoms. The van der Waals surface area contributed by atoms with Crippen LogP contribution in [0.4, 0.5) is 5.69 Å². The van der Waals surface area contributed by atoms with Crippen LogP contribution in [0.2, 0.25) is 0 Å². The van der Waals surface area contributed by atoms with Crippen LogP contribution in [0.25, 0.3) is 5.76 Å². The molecule has 1 unspecified atom stereocenters. The average Bonchev–Trinajstić information content (AvgIpc) is 3.13. The summed E-state index contributed by atoms with van der Waals surface area (Å²) in [5, 5.41) is 21.4. The van der Waals surface area contributed by atoms with E-state index in [0.717, 1.165) is 11.1 Å². The lowest BCUT2D eigenvalue weighted by Gasteiger charge is -2.26. The highest BCUT2D eigenvalue weighted by Crippen LogP contribution is 2.44. The van der Waals surface area contributed by atoms with E-state index in [1.807, 2.05) is 19.9 Å². The Labute approximate surface area is 220 Å². The molecule has 196 valence electrons. The molecule has 4 rings (SSSR count). The largest absolute Gasteiger partial charge is 0.508 e. The van der Waals surface area contributed by atoms with Gasteiger partial charge in [-0.2, -0.15) is 0 Å². The number of rotatable bonds is 6. The topological polar surface area (TPSA) is 113 Å². The molecule has 1 saturated heterocycles. The number of aliphatic hydroxyl groups excluding tert-OH is 1. The second kappa shape index (κ2) is 10.4. The molecule has 0 radical (unpaired) electrons. The quantitative estimate of drug-likeness (QED) is 0.201. The molecule has 3 aromatic rings. The zero-order chi connectivity index (χ0) is 27.7. The van der Waals surface area contributed by atoms with Crippen molar-refractivity contribution < 1.29 is 34.1 Å². The van der Waals surface area contributed by atoms with E-state index in [2.05, 4.69) is 0 Å². The number of phenolic OH excluding ortho intramolecular Hbond substituents is 1. The van der Waals surface area contributed by atoms with Crippen LogP contribution in [0.1, 0.15) is 52.5 Å². The molecule has 38 heavy (non-hydrogen) atoms. The third-order valence-electron chi connectivity index (χ3n) is 6.26. The maximum atomic E-state index is 13.4. The summed E-state index contributed by atoms with van der Waals surface area (Å²) in [5.41, 5.74) is 2.90. The molecule has 0 saturated carbocycles. The minimum absolute atomic E-state index is 0.00898. The molecule has 1 fully saturated rings. The Morgan fingerprint density at radius 2 is 1.61 bits per heavy atom. The van der Waals surface area contributed by atoms with Crippen LogP contribution >= 0.6 is 0 Å². The van der Waals surface area contributed by atoms with Crippen molar-refractivity contribution in [3.8, 4) is 11.5 Å². The van der Waals surface area contributed by atoms with Gasteiger partial charge in [0.25, 0.3) is 11.7 Å². The van der Waals surface area contributed by atoms with Gasteiger partial charge < -0.3 is 19.7 Å². The summed E-state index contributed by atoms with van der Waals surface area (Å²) in [6.07, 6.45) is -0.295. The number of ketones is 1. The van der Waals surface area contributed by atoms with Gasteiger partial charge in [-0.3, -0.25) is 14.5 Å². The fraction of sp³-hybridized carbons (Fsp3) is 0.233. The Kier molecular flexibility index (Phi) is 7.26. The number of ether oxygens (including phenoxy) is 2. The number of aromatic hydroxyl groups is 1. The highest BCUT2D eigenvalue weighted by atomic mass is 16.5. The van der Waals surface area contributed by atoms with Gasteiger partial charge in [-0.05, 0) is 86.8 Å². The van der Waals surface area contributed by atoms with E-state index in [0.29, 0.717) is 28.1 Å². The van der Waals surface area contributed by atoms with Gasteiger partial charge in [0.05, 0.1) is 36.0 Å². The molecule has 0 spiro atoms. The van der Waals surface area contributed by atoms with Crippen molar-refractivity contribution >= 4 is 29.1 Å². The van der Waals surface area contributed by atoms with Gasteiger partial charge in [-0.15, -0.1) is 0 Å². The number of aliphatic hydroxyl groups is 1. The Morgan fingerprint density at radius 1 is 0.974 bits per heavy atom. The number of nitrogens with zero attached hydrogens (tertiary/aromatic N) is 1. The second-order valence-corrected chi connectivity index (χ2v) is 9.42. The summed E-state index contributed by atoms with van der Waals surface area (Å²) < 4.78 is 10.8. The molecule has 1 heterocycles. The van der Waals surface area contributed by atoms with Gasteiger partial charge >= 0.3 is 5.97 Å². The van der Waals surface area contributed by atoms with Crippen molar-refractivity contribution in [2.75, 3.05) is 12.0 Å². The zero-order valence-corrected chi connectivity index (χ0v) is 21.8. The molecular formula is C30H29NO7. The number of methoxy groups -OCH3 is 1. The normalized spacial score (nSPS) is 16.7. The fourth-order valence-corrected chi connectivity index (χ4v) is 4.66. The maximum Gasteiger partial charge on any atom is 0.338 e. The number of carbonyl (C=O) groups is 3. The SMILES string of the molecule is COc1c(C)cc(C)cc1/C(O)=C1\C(=O)C(=O)N(c2ccc(C(=O)OC(C)C)cc2)C1c1ccc(O)cc1. The first-order valence-corrected chi connectivity index (χ1v) is 12.1. The number of hydrogen-bond acceptors (Lipinski definition) is 7. The summed E-state index contributed by atoms with van der Waals surface area (Å²) in [6.45, 7) is 7.16. The molecule has 1 aliphatic heterocycles. The van der Waals surface area contributed by atoms with Crippen LogP contribution in [-0.2, 0) is 14.3 Å². The molecule has 1 amide bonds. The number of benzene rings is 3. The number of anilines is 1. The summed E-state index contributed by atoms with van der Waals surface area (Å²) >= 11 is 0. The van der Waals surface area contributed by atoms with E-state index < -0.39 is 23.7 Å². The molecule has 1 atom stereocenters. The van der Waals surface area contributed by atoms with Crippen molar-refractivity contribution in [1.82, 2.24) is 0 Å². The van der Waals surface area contributed by atoms with Crippen LogP contribution in [-0.4, -0.2) is 41.1 Å². The molecule has 0 aliphatic carbocycles. The van der Waals surface area contributed by atoms with Gasteiger partial charge in [0.1, 0.15) is 17.3 Å². The first-order valence-electron chi connectivity index (χ1n) is 12.1. The van der Waals surface area contributed by atoms with Crippen LogP contribution in [0.5, 0.6) is 11.5 Å². The first kappa shape index (κ1) is 26.5. The fourth-order valence-electron chi connectivity index (χ4n) is 4.66. The maximum absolute atomic E-state index is 13.4. The van der Waals surface area contributed by atoms with Crippen molar-refractivity contribution in [2.45, 2.75) is 39.8 Å². The molecule has 1 aliphatic rings.